The molecule has 86 valence electrons. The zero-order valence-corrected chi connectivity index (χ0v) is 10.2. The highest BCUT2D eigenvalue weighted by Gasteiger charge is 1.96. The third-order valence-corrected chi connectivity index (χ3v) is 2.56. The molecule has 0 saturated heterocycles. The van der Waals surface area contributed by atoms with Crippen molar-refractivity contribution in [3.8, 4) is 0 Å². The normalized spacial score (nSPS) is 11.2. The van der Waals surface area contributed by atoms with E-state index in [1.54, 1.807) is 0 Å². The van der Waals surface area contributed by atoms with E-state index in [0.29, 0.717) is 0 Å². The Hall–Kier alpha value is -0.830. The third-order valence-electron chi connectivity index (χ3n) is 2.56. The fraction of sp³-hybridized carbons (Fsp3) is 0.750. The van der Waals surface area contributed by atoms with Crippen LogP contribution >= 0.6 is 0 Å². The molecule has 0 aliphatic rings. The van der Waals surface area contributed by atoms with Crippen molar-refractivity contribution in [2.75, 3.05) is 13.1 Å². The van der Waals surface area contributed by atoms with E-state index >= 15 is 0 Å². The van der Waals surface area contributed by atoms with Gasteiger partial charge in [-0.3, -0.25) is 4.68 Å². The minimum absolute atomic E-state index is 0.820. The molecule has 0 spiro atoms. The van der Waals surface area contributed by atoms with E-state index in [-0.39, 0.29) is 0 Å². The first-order valence-electron chi connectivity index (χ1n) is 5.89. The summed E-state index contributed by atoms with van der Waals surface area (Å²) < 4.78 is 2.04. The molecule has 1 aromatic rings. The van der Waals surface area contributed by atoms with Crippen LogP contribution in [0.1, 0.15) is 32.4 Å². The average molecular weight is 209 g/mol. The second-order valence-electron chi connectivity index (χ2n) is 4.48. The van der Waals surface area contributed by atoms with Gasteiger partial charge in [-0.15, -0.1) is 0 Å². The van der Waals surface area contributed by atoms with Gasteiger partial charge in [-0.25, -0.2) is 0 Å². The van der Waals surface area contributed by atoms with Crippen LogP contribution in [0.2, 0.25) is 0 Å². The van der Waals surface area contributed by atoms with Gasteiger partial charge in [-0.1, -0.05) is 13.8 Å². The van der Waals surface area contributed by atoms with Crippen molar-refractivity contribution in [3.05, 3.63) is 18.0 Å². The molecule has 0 atom stereocenters. The predicted molar refractivity (Wildman–Crippen MR) is 63.9 cm³/mol. The molecule has 0 radical (unpaired) electrons. The van der Waals surface area contributed by atoms with Gasteiger partial charge in [0.1, 0.15) is 0 Å². The summed E-state index contributed by atoms with van der Waals surface area (Å²) in [4.78, 5) is 0. The molecule has 0 bridgehead atoms. The molecule has 0 unspecified atom stereocenters. The van der Waals surface area contributed by atoms with E-state index in [1.165, 1.54) is 18.5 Å². The van der Waals surface area contributed by atoms with Gasteiger partial charge in [0, 0.05) is 18.4 Å². The minimum Gasteiger partial charge on any atom is -0.315 e. The maximum absolute atomic E-state index is 4.24. The molecule has 0 aliphatic heterocycles. The Balaban J connectivity index is 2.00. The van der Waals surface area contributed by atoms with Gasteiger partial charge < -0.3 is 5.32 Å². The number of hydrogen-bond donors (Lipinski definition) is 1. The van der Waals surface area contributed by atoms with Crippen LogP contribution in [0.3, 0.4) is 0 Å². The Labute approximate surface area is 92.9 Å². The molecular weight excluding hydrogens is 186 g/mol. The second kappa shape index (κ2) is 6.62. The SMILES string of the molecule is Cc1ccnn1CCNCCCC(C)C. The minimum atomic E-state index is 0.820. The number of hydrogen-bond acceptors (Lipinski definition) is 2. The van der Waals surface area contributed by atoms with E-state index in [4.69, 9.17) is 0 Å². The van der Waals surface area contributed by atoms with Crippen LogP contribution in [0.25, 0.3) is 0 Å². The lowest BCUT2D eigenvalue weighted by Crippen LogP contribution is -2.22. The van der Waals surface area contributed by atoms with Crippen molar-refractivity contribution in [1.82, 2.24) is 15.1 Å². The Morgan fingerprint density at radius 3 is 2.80 bits per heavy atom. The predicted octanol–water partition coefficient (Wildman–Crippen LogP) is 2.22. The van der Waals surface area contributed by atoms with Crippen molar-refractivity contribution in [2.45, 2.75) is 40.2 Å². The lowest BCUT2D eigenvalue weighted by Gasteiger charge is -2.07. The van der Waals surface area contributed by atoms with Gasteiger partial charge in [-0.2, -0.15) is 5.10 Å². The zero-order valence-electron chi connectivity index (χ0n) is 10.2. The summed E-state index contributed by atoms with van der Waals surface area (Å²) in [6.07, 6.45) is 4.44. The zero-order chi connectivity index (χ0) is 11.1. The monoisotopic (exact) mass is 209 g/mol. The first-order chi connectivity index (χ1) is 7.20. The van der Waals surface area contributed by atoms with Crippen molar-refractivity contribution in [3.63, 3.8) is 0 Å². The van der Waals surface area contributed by atoms with E-state index in [0.717, 1.165) is 25.6 Å². The van der Waals surface area contributed by atoms with Crippen LogP contribution in [-0.4, -0.2) is 22.9 Å². The number of aromatic nitrogens is 2. The molecule has 15 heavy (non-hydrogen) atoms. The number of nitrogens with zero attached hydrogens (tertiary/aromatic N) is 2. The Morgan fingerprint density at radius 2 is 2.20 bits per heavy atom. The average Bonchev–Trinajstić information content (AvgIpc) is 2.57. The summed E-state index contributed by atoms with van der Waals surface area (Å²) in [5.74, 6) is 0.820. The molecule has 3 nitrogen and oxygen atoms in total. The van der Waals surface area contributed by atoms with Gasteiger partial charge in [0.25, 0.3) is 0 Å². The molecule has 1 aromatic heterocycles. The van der Waals surface area contributed by atoms with Gasteiger partial charge >= 0.3 is 0 Å². The molecule has 0 saturated carbocycles. The van der Waals surface area contributed by atoms with E-state index < -0.39 is 0 Å². The maximum atomic E-state index is 4.24. The van der Waals surface area contributed by atoms with Crippen molar-refractivity contribution >= 4 is 0 Å². The van der Waals surface area contributed by atoms with E-state index in [2.05, 4.69) is 31.2 Å². The Kier molecular flexibility index (Phi) is 5.40. The summed E-state index contributed by atoms with van der Waals surface area (Å²) in [6.45, 7) is 9.74. The van der Waals surface area contributed by atoms with Gasteiger partial charge in [0.2, 0.25) is 0 Å². The molecule has 1 rings (SSSR count). The molecule has 1 heterocycles. The number of nitrogens with one attached hydrogen (secondary N) is 1. The summed E-state index contributed by atoms with van der Waals surface area (Å²) >= 11 is 0. The highest BCUT2D eigenvalue weighted by Crippen LogP contribution is 2.01. The maximum Gasteiger partial charge on any atom is 0.0537 e. The van der Waals surface area contributed by atoms with Crippen molar-refractivity contribution < 1.29 is 0 Å². The van der Waals surface area contributed by atoms with Gasteiger partial charge in [0.05, 0.1) is 6.54 Å². The van der Waals surface area contributed by atoms with Crippen LogP contribution in [0.5, 0.6) is 0 Å². The first kappa shape index (κ1) is 12.2. The highest BCUT2D eigenvalue weighted by atomic mass is 15.3. The standard InChI is InChI=1S/C12H23N3/c1-11(2)5-4-7-13-9-10-15-12(3)6-8-14-15/h6,8,11,13H,4-5,7,9-10H2,1-3H3. The fourth-order valence-corrected chi connectivity index (χ4v) is 1.58. The largest absolute Gasteiger partial charge is 0.315 e. The van der Waals surface area contributed by atoms with Crippen LogP contribution in [0.15, 0.2) is 12.3 Å². The topological polar surface area (TPSA) is 29.9 Å². The molecule has 0 aromatic carbocycles. The highest BCUT2D eigenvalue weighted by molar-refractivity contribution is 4.96. The fourth-order valence-electron chi connectivity index (χ4n) is 1.58. The number of aryl methyl sites for hydroxylation is 1. The Morgan fingerprint density at radius 1 is 1.40 bits per heavy atom. The first-order valence-corrected chi connectivity index (χ1v) is 5.89. The van der Waals surface area contributed by atoms with Crippen molar-refractivity contribution in [2.24, 2.45) is 5.92 Å². The van der Waals surface area contributed by atoms with Crippen LogP contribution in [0.4, 0.5) is 0 Å². The molecular formula is C12H23N3. The van der Waals surface area contributed by atoms with Gasteiger partial charge in [-0.05, 0) is 38.3 Å². The molecule has 0 amide bonds. The summed E-state index contributed by atoms with van der Waals surface area (Å²) in [7, 11) is 0. The van der Waals surface area contributed by atoms with Crippen molar-refractivity contribution in [1.29, 1.82) is 0 Å². The molecule has 1 N–H and O–H groups in total. The Bertz CT molecular complexity index is 266. The third kappa shape index (κ3) is 4.98. The van der Waals surface area contributed by atoms with Gasteiger partial charge in [0.15, 0.2) is 0 Å². The summed E-state index contributed by atoms with van der Waals surface area (Å²) in [5.41, 5.74) is 1.24. The molecule has 0 aliphatic carbocycles. The lowest BCUT2D eigenvalue weighted by molar-refractivity contribution is 0.501. The summed E-state index contributed by atoms with van der Waals surface area (Å²) in [5, 5.41) is 7.68. The molecule has 3 heteroatoms. The smallest absolute Gasteiger partial charge is 0.0537 e. The van der Waals surface area contributed by atoms with E-state index in [1.807, 2.05) is 16.9 Å². The quantitative estimate of drug-likeness (QED) is 0.698. The van der Waals surface area contributed by atoms with Crippen LogP contribution in [0, 0.1) is 12.8 Å². The van der Waals surface area contributed by atoms with E-state index in [9.17, 15) is 0 Å². The summed E-state index contributed by atoms with van der Waals surface area (Å²) in [6, 6.07) is 2.04. The second-order valence-corrected chi connectivity index (χ2v) is 4.48. The number of rotatable bonds is 7. The van der Waals surface area contributed by atoms with Crippen LogP contribution in [-0.2, 0) is 6.54 Å². The molecule has 0 fully saturated rings. The van der Waals surface area contributed by atoms with Crippen LogP contribution < -0.4 is 5.32 Å². The lowest BCUT2D eigenvalue weighted by atomic mass is 10.1.